The quantitative estimate of drug-likeness (QED) is 0.578. The number of imidazole rings is 1. The van der Waals surface area contributed by atoms with Crippen molar-refractivity contribution in [3.8, 4) is 11.3 Å². The highest BCUT2D eigenvalue weighted by Gasteiger charge is 2.16. The molecule has 3 heterocycles. The lowest BCUT2D eigenvalue weighted by Gasteiger charge is -2.15. The summed E-state index contributed by atoms with van der Waals surface area (Å²) >= 11 is 0. The van der Waals surface area contributed by atoms with Crippen LogP contribution < -0.4 is 5.32 Å². The number of pyridine rings is 2. The molecular formula is C22H19FN4O. The van der Waals surface area contributed by atoms with Gasteiger partial charge in [0.05, 0.1) is 23.6 Å². The molecule has 3 aromatic heterocycles. The Kier molecular flexibility index (Phi) is 4.61. The first kappa shape index (κ1) is 17.9. The minimum absolute atomic E-state index is 0.238. The van der Waals surface area contributed by atoms with Gasteiger partial charge in [-0.3, -0.25) is 14.2 Å². The molecule has 0 bridgehead atoms. The van der Waals surface area contributed by atoms with E-state index in [1.807, 2.05) is 54.8 Å². The van der Waals surface area contributed by atoms with Gasteiger partial charge in [0.1, 0.15) is 11.5 Å². The molecule has 4 aromatic rings. The van der Waals surface area contributed by atoms with Gasteiger partial charge < -0.3 is 5.32 Å². The topological polar surface area (TPSA) is 59.3 Å². The number of rotatable bonds is 4. The molecule has 0 saturated carbocycles. The van der Waals surface area contributed by atoms with Gasteiger partial charge in [-0.05, 0) is 43.7 Å². The van der Waals surface area contributed by atoms with Crippen LogP contribution in [-0.4, -0.2) is 20.3 Å². The fourth-order valence-electron chi connectivity index (χ4n) is 3.10. The number of fused-ring (bicyclic) bond motifs is 1. The molecule has 140 valence electrons. The van der Waals surface area contributed by atoms with E-state index in [0.29, 0.717) is 16.9 Å². The number of nitrogens with zero attached hydrogens (tertiary/aromatic N) is 3. The van der Waals surface area contributed by atoms with E-state index < -0.39 is 5.82 Å². The van der Waals surface area contributed by atoms with Crippen LogP contribution in [-0.2, 0) is 0 Å². The van der Waals surface area contributed by atoms with Gasteiger partial charge in [0.2, 0.25) is 0 Å². The minimum Gasteiger partial charge on any atom is -0.344 e. The highest BCUT2D eigenvalue weighted by atomic mass is 19.1. The first-order valence-corrected chi connectivity index (χ1v) is 8.98. The molecule has 0 fully saturated rings. The normalized spacial score (nSPS) is 12.1. The summed E-state index contributed by atoms with van der Waals surface area (Å²) in [5, 5.41) is 2.92. The van der Waals surface area contributed by atoms with Gasteiger partial charge in [0.15, 0.2) is 0 Å². The lowest BCUT2D eigenvalue weighted by atomic mass is 10.1. The number of hydrogen-bond donors (Lipinski definition) is 1. The Bertz CT molecular complexity index is 1130. The Hall–Kier alpha value is -3.54. The van der Waals surface area contributed by atoms with Gasteiger partial charge in [-0.15, -0.1) is 0 Å². The predicted octanol–water partition coefficient (Wildman–Crippen LogP) is 4.33. The number of benzene rings is 1. The molecule has 0 radical (unpaired) electrons. The molecule has 6 heteroatoms. The summed E-state index contributed by atoms with van der Waals surface area (Å²) in [6.07, 6.45) is 4.72. The number of carbonyl (C=O) groups is 1. The molecule has 1 aromatic carbocycles. The van der Waals surface area contributed by atoms with E-state index in [4.69, 9.17) is 0 Å². The van der Waals surface area contributed by atoms with Crippen LogP contribution in [0.2, 0.25) is 0 Å². The Morgan fingerprint density at radius 1 is 1.11 bits per heavy atom. The molecule has 0 aliphatic carbocycles. The highest BCUT2D eigenvalue weighted by Crippen LogP contribution is 2.23. The van der Waals surface area contributed by atoms with Crippen molar-refractivity contribution in [1.82, 2.24) is 19.7 Å². The maximum absolute atomic E-state index is 13.1. The highest BCUT2D eigenvalue weighted by molar-refractivity contribution is 5.96. The second kappa shape index (κ2) is 7.23. The van der Waals surface area contributed by atoms with Crippen molar-refractivity contribution in [3.63, 3.8) is 0 Å². The summed E-state index contributed by atoms with van der Waals surface area (Å²) in [5.41, 5.74) is 4.83. The average molecular weight is 374 g/mol. The molecule has 5 nitrogen and oxygen atoms in total. The molecular weight excluding hydrogens is 355 g/mol. The third kappa shape index (κ3) is 3.49. The summed E-state index contributed by atoms with van der Waals surface area (Å²) in [6, 6.07) is 14.3. The van der Waals surface area contributed by atoms with Crippen LogP contribution in [0.25, 0.3) is 16.9 Å². The first-order chi connectivity index (χ1) is 13.5. The summed E-state index contributed by atoms with van der Waals surface area (Å²) in [7, 11) is 0. The van der Waals surface area contributed by atoms with Crippen molar-refractivity contribution < 1.29 is 9.18 Å². The maximum atomic E-state index is 13.1. The van der Waals surface area contributed by atoms with Gasteiger partial charge in [-0.2, -0.15) is 0 Å². The molecule has 1 N–H and O–H groups in total. The van der Waals surface area contributed by atoms with Crippen LogP contribution in [0.3, 0.4) is 0 Å². The van der Waals surface area contributed by atoms with Crippen molar-refractivity contribution in [1.29, 1.82) is 0 Å². The second-order valence-electron chi connectivity index (χ2n) is 6.75. The van der Waals surface area contributed by atoms with Crippen molar-refractivity contribution in [3.05, 3.63) is 89.8 Å². The Labute approximate surface area is 161 Å². The van der Waals surface area contributed by atoms with Gasteiger partial charge in [0, 0.05) is 18.0 Å². The number of nitrogens with one attached hydrogen (secondary N) is 1. The summed E-state index contributed by atoms with van der Waals surface area (Å²) < 4.78 is 15.0. The lowest BCUT2D eigenvalue weighted by molar-refractivity contribution is 0.0939. The van der Waals surface area contributed by atoms with Crippen LogP contribution >= 0.6 is 0 Å². The summed E-state index contributed by atoms with van der Waals surface area (Å²) in [5.74, 6) is -0.646. The van der Waals surface area contributed by atoms with Crippen molar-refractivity contribution in [2.24, 2.45) is 0 Å². The van der Waals surface area contributed by atoms with Crippen molar-refractivity contribution in [2.45, 2.75) is 19.9 Å². The zero-order chi connectivity index (χ0) is 19.7. The van der Waals surface area contributed by atoms with E-state index in [0.717, 1.165) is 17.5 Å². The molecule has 1 amide bonds. The third-order valence-electron chi connectivity index (χ3n) is 4.66. The van der Waals surface area contributed by atoms with E-state index in [1.54, 1.807) is 18.3 Å². The van der Waals surface area contributed by atoms with E-state index in [9.17, 15) is 9.18 Å². The van der Waals surface area contributed by atoms with Crippen LogP contribution in [0.15, 0.2) is 67.1 Å². The SMILES string of the molecule is Cc1ccc(-c2cc(C(=O)NC(C)c3ccc(F)cn3)cc3nccn23)cc1. The maximum Gasteiger partial charge on any atom is 0.252 e. The Balaban J connectivity index is 1.67. The first-order valence-electron chi connectivity index (χ1n) is 8.98. The Morgan fingerprint density at radius 2 is 1.89 bits per heavy atom. The standard InChI is InChI=1S/C22H19FN4O/c1-14-3-5-16(6-4-14)20-11-17(12-21-24-9-10-27(20)21)22(28)26-15(2)19-8-7-18(23)13-25-19/h3-13,15H,1-2H3,(H,26,28). The van der Waals surface area contributed by atoms with E-state index in [1.165, 1.54) is 11.6 Å². The van der Waals surface area contributed by atoms with Crippen molar-refractivity contribution >= 4 is 11.6 Å². The zero-order valence-corrected chi connectivity index (χ0v) is 15.6. The predicted molar refractivity (Wildman–Crippen MR) is 105 cm³/mol. The average Bonchev–Trinajstić information content (AvgIpc) is 3.17. The molecule has 4 rings (SSSR count). The van der Waals surface area contributed by atoms with Crippen LogP contribution in [0.5, 0.6) is 0 Å². The molecule has 0 aliphatic rings. The number of hydrogen-bond acceptors (Lipinski definition) is 3. The van der Waals surface area contributed by atoms with Crippen LogP contribution in [0.1, 0.15) is 34.6 Å². The van der Waals surface area contributed by atoms with Gasteiger partial charge >= 0.3 is 0 Å². The van der Waals surface area contributed by atoms with E-state index >= 15 is 0 Å². The fraction of sp³-hybridized carbons (Fsp3) is 0.136. The number of aromatic nitrogens is 3. The second-order valence-corrected chi connectivity index (χ2v) is 6.75. The van der Waals surface area contributed by atoms with E-state index in [-0.39, 0.29) is 11.9 Å². The smallest absolute Gasteiger partial charge is 0.252 e. The molecule has 0 spiro atoms. The molecule has 0 aliphatic heterocycles. The monoisotopic (exact) mass is 374 g/mol. The molecule has 1 unspecified atom stereocenters. The molecule has 0 saturated heterocycles. The number of amides is 1. The lowest BCUT2D eigenvalue weighted by Crippen LogP contribution is -2.27. The minimum atomic E-state index is -0.408. The Morgan fingerprint density at radius 3 is 2.61 bits per heavy atom. The number of carbonyl (C=O) groups excluding carboxylic acids is 1. The zero-order valence-electron chi connectivity index (χ0n) is 15.6. The number of halogens is 1. The third-order valence-corrected chi connectivity index (χ3v) is 4.66. The molecule has 28 heavy (non-hydrogen) atoms. The molecule has 1 atom stereocenters. The van der Waals surface area contributed by atoms with E-state index in [2.05, 4.69) is 15.3 Å². The van der Waals surface area contributed by atoms with Crippen LogP contribution in [0, 0.1) is 12.7 Å². The fourth-order valence-corrected chi connectivity index (χ4v) is 3.10. The van der Waals surface area contributed by atoms with Gasteiger partial charge in [0.25, 0.3) is 5.91 Å². The van der Waals surface area contributed by atoms with Crippen LogP contribution in [0.4, 0.5) is 4.39 Å². The van der Waals surface area contributed by atoms with Gasteiger partial charge in [-0.25, -0.2) is 9.37 Å². The van der Waals surface area contributed by atoms with Gasteiger partial charge in [-0.1, -0.05) is 29.8 Å². The summed E-state index contributed by atoms with van der Waals surface area (Å²) in [4.78, 5) is 21.2. The summed E-state index contributed by atoms with van der Waals surface area (Å²) in [6.45, 7) is 3.85. The largest absolute Gasteiger partial charge is 0.344 e. The van der Waals surface area contributed by atoms with Crippen molar-refractivity contribution in [2.75, 3.05) is 0 Å². The number of aryl methyl sites for hydroxylation is 1.